The lowest BCUT2D eigenvalue weighted by molar-refractivity contribution is 0.281. The minimum absolute atomic E-state index is 0.00263. The Morgan fingerprint density at radius 1 is 1.15 bits per heavy atom. The number of nitrogens with zero attached hydrogens (tertiary/aromatic N) is 3. The number of nitrogens with one attached hydrogen (secondary N) is 1. The fourth-order valence-corrected chi connectivity index (χ4v) is 1.91. The molecule has 5 nitrogen and oxygen atoms in total. The molecule has 0 bridgehead atoms. The van der Waals surface area contributed by atoms with Gasteiger partial charge in [-0.1, -0.05) is 30.3 Å². The number of aromatic nitrogens is 3. The molecule has 0 spiro atoms. The normalized spacial score (nSPS) is 12.2. The number of anilines is 1. The van der Waals surface area contributed by atoms with E-state index in [0.717, 1.165) is 6.42 Å². The minimum atomic E-state index is -0.129. The Kier molecular flexibility index (Phi) is 5.26. The number of rotatable bonds is 6. The molecule has 1 unspecified atom stereocenters. The summed E-state index contributed by atoms with van der Waals surface area (Å²) in [5.41, 5.74) is 1.22. The first-order valence-electron chi connectivity index (χ1n) is 6.49. The summed E-state index contributed by atoms with van der Waals surface area (Å²) in [6.07, 6.45) is 1.53. The van der Waals surface area contributed by atoms with Gasteiger partial charge in [0.25, 0.3) is 0 Å². The molecule has 2 N–H and O–H groups in total. The van der Waals surface area contributed by atoms with Crippen LogP contribution in [0.2, 0.25) is 5.28 Å². The van der Waals surface area contributed by atoms with E-state index in [2.05, 4.69) is 32.4 Å². The van der Waals surface area contributed by atoms with Crippen LogP contribution in [0.5, 0.6) is 0 Å². The monoisotopic (exact) mass is 292 g/mol. The van der Waals surface area contributed by atoms with Gasteiger partial charge in [0, 0.05) is 12.5 Å². The zero-order chi connectivity index (χ0) is 14.4. The molecule has 0 saturated carbocycles. The van der Waals surface area contributed by atoms with E-state index < -0.39 is 0 Å². The van der Waals surface area contributed by atoms with E-state index in [9.17, 15) is 0 Å². The van der Waals surface area contributed by atoms with E-state index in [-0.39, 0.29) is 17.9 Å². The maximum absolute atomic E-state index is 9.02. The lowest BCUT2D eigenvalue weighted by Gasteiger charge is -2.11. The summed E-state index contributed by atoms with van der Waals surface area (Å²) in [6.45, 7) is 1.84. The maximum atomic E-state index is 9.02. The van der Waals surface area contributed by atoms with Crippen molar-refractivity contribution in [2.24, 2.45) is 0 Å². The van der Waals surface area contributed by atoms with Gasteiger partial charge in [0.2, 0.25) is 11.2 Å². The number of aliphatic hydroxyl groups is 1. The Balaban J connectivity index is 2.04. The van der Waals surface area contributed by atoms with Crippen molar-refractivity contribution in [3.05, 3.63) is 47.0 Å². The van der Waals surface area contributed by atoms with Crippen molar-refractivity contribution in [3.63, 3.8) is 0 Å². The standard InChI is InChI=1S/C14H17ClN4O/c1-10(9-20)16-14-18-12(17-13(15)19-14)8-7-11-5-3-2-4-6-11/h2-6,10,20H,7-9H2,1H3,(H,16,17,18,19). The summed E-state index contributed by atoms with van der Waals surface area (Å²) >= 11 is 5.89. The molecule has 0 saturated heterocycles. The van der Waals surface area contributed by atoms with Gasteiger partial charge in [0.15, 0.2) is 0 Å². The highest BCUT2D eigenvalue weighted by atomic mass is 35.5. The predicted octanol–water partition coefficient (Wildman–Crippen LogP) is 2.10. The topological polar surface area (TPSA) is 70.9 Å². The molecule has 0 aliphatic rings. The molecule has 1 atom stereocenters. The highest BCUT2D eigenvalue weighted by molar-refractivity contribution is 6.28. The van der Waals surface area contributed by atoms with Crippen LogP contribution in [0, 0.1) is 0 Å². The minimum Gasteiger partial charge on any atom is -0.394 e. The first-order chi connectivity index (χ1) is 9.67. The summed E-state index contributed by atoms with van der Waals surface area (Å²) in [5, 5.41) is 12.2. The number of hydrogen-bond acceptors (Lipinski definition) is 5. The summed E-state index contributed by atoms with van der Waals surface area (Å²) in [4.78, 5) is 12.4. The van der Waals surface area contributed by atoms with Gasteiger partial charge in [-0.05, 0) is 30.5 Å². The fraction of sp³-hybridized carbons (Fsp3) is 0.357. The van der Waals surface area contributed by atoms with Crippen LogP contribution in [-0.4, -0.2) is 32.7 Å². The molecule has 106 valence electrons. The lowest BCUT2D eigenvalue weighted by atomic mass is 10.1. The molecule has 1 heterocycles. The van der Waals surface area contributed by atoms with Gasteiger partial charge in [0.05, 0.1) is 6.61 Å². The van der Waals surface area contributed by atoms with Crippen molar-refractivity contribution >= 4 is 17.5 Å². The molecule has 20 heavy (non-hydrogen) atoms. The Labute approximate surface area is 123 Å². The van der Waals surface area contributed by atoms with E-state index in [0.29, 0.717) is 18.2 Å². The van der Waals surface area contributed by atoms with Crippen LogP contribution in [0.1, 0.15) is 18.3 Å². The summed E-state index contributed by atoms with van der Waals surface area (Å²) in [6, 6.07) is 10.0. The fourth-order valence-electron chi connectivity index (χ4n) is 1.73. The average Bonchev–Trinajstić information content (AvgIpc) is 2.45. The summed E-state index contributed by atoms with van der Waals surface area (Å²) in [5.74, 6) is 1.04. The van der Waals surface area contributed by atoms with Crippen molar-refractivity contribution in [3.8, 4) is 0 Å². The second kappa shape index (κ2) is 7.17. The van der Waals surface area contributed by atoms with Gasteiger partial charge < -0.3 is 10.4 Å². The maximum Gasteiger partial charge on any atom is 0.227 e. The molecule has 1 aromatic carbocycles. The molecule has 6 heteroatoms. The third-order valence-corrected chi connectivity index (χ3v) is 2.95. The quantitative estimate of drug-likeness (QED) is 0.853. The van der Waals surface area contributed by atoms with Crippen LogP contribution < -0.4 is 5.32 Å². The van der Waals surface area contributed by atoms with Gasteiger partial charge in [-0.25, -0.2) is 4.98 Å². The van der Waals surface area contributed by atoms with Crippen LogP contribution in [0.15, 0.2) is 30.3 Å². The first-order valence-corrected chi connectivity index (χ1v) is 6.87. The van der Waals surface area contributed by atoms with E-state index in [4.69, 9.17) is 16.7 Å². The molecule has 0 aliphatic carbocycles. The number of hydrogen-bond donors (Lipinski definition) is 2. The van der Waals surface area contributed by atoms with Gasteiger partial charge in [-0.2, -0.15) is 9.97 Å². The van der Waals surface area contributed by atoms with Crippen LogP contribution >= 0.6 is 11.6 Å². The van der Waals surface area contributed by atoms with Gasteiger partial charge in [-0.3, -0.25) is 0 Å². The van der Waals surface area contributed by atoms with Crippen LogP contribution in [-0.2, 0) is 12.8 Å². The summed E-state index contributed by atoms with van der Waals surface area (Å²) < 4.78 is 0. The molecule has 1 aromatic heterocycles. The molecule has 0 fully saturated rings. The molecule has 0 amide bonds. The van der Waals surface area contributed by atoms with Crippen molar-refractivity contribution in [2.75, 3.05) is 11.9 Å². The number of halogens is 1. The molecular formula is C14H17ClN4O. The van der Waals surface area contributed by atoms with E-state index in [1.54, 1.807) is 0 Å². The highest BCUT2D eigenvalue weighted by Crippen LogP contribution is 2.10. The zero-order valence-electron chi connectivity index (χ0n) is 11.3. The smallest absolute Gasteiger partial charge is 0.227 e. The Hall–Kier alpha value is -1.72. The summed E-state index contributed by atoms with van der Waals surface area (Å²) in [7, 11) is 0. The average molecular weight is 293 g/mol. The van der Waals surface area contributed by atoms with Crippen LogP contribution in [0.4, 0.5) is 5.95 Å². The van der Waals surface area contributed by atoms with Crippen LogP contribution in [0.3, 0.4) is 0 Å². The zero-order valence-corrected chi connectivity index (χ0v) is 12.0. The lowest BCUT2D eigenvalue weighted by Crippen LogP contribution is -2.21. The second-order valence-electron chi connectivity index (χ2n) is 4.56. The van der Waals surface area contributed by atoms with Crippen molar-refractivity contribution < 1.29 is 5.11 Å². The molecule has 0 radical (unpaired) electrons. The van der Waals surface area contributed by atoms with Gasteiger partial charge in [0.1, 0.15) is 5.82 Å². The molecule has 2 aromatic rings. The second-order valence-corrected chi connectivity index (χ2v) is 4.90. The Morgan fingerprint density at radius 2 is 1.90 bits per heavy atom. The largest absolute Gasteiger partial charge is 0.394 e. The molecule has 2 rings (SSSR count). The molecule has 0 aliphatic heterocycles. The highest BCUT2D eigenvalue weighted by Gasteiger charge is 2.07. The third-order valence-electron chi connectivity index (χ3n) is 2.78. The van der Waals surface area contributed by atoms with Crippen molar-refractivity contribution in [1.82, 2.24) is 15.0 Å². The van der Waals surface area contributed by atoms with Gasteiger partial charge >= 0.3 is 0 Å². The SMILES string of the molecule is CC(CO)Nc1nc(Cl)nc(CCc2ccccc2)n1. The van der Waals surface area contributed by atoms with Crippen molar-refractivity contribution in [1.29, 1.82) is 0 Å². The number of benzene rings is 1. The van der Waals surface area contributed by atoms with E-state index in [1.807, 2.05) is 25.1 Å². The first kappa shape index (κ1) is 14.7. The number of aryl methyl sites for hydroxylation is 2. The van der Waals surface area contributed by atoms with E-state index >= 15 is 0 Å². The Morgan fingerprint density at radius 3 is 2.60 bits per heavy atom. The third kappa shape index (κ3) is 4.43. The van der Waals surface area contributed by atoms with Crippen LogP contribution in [0.25, 0.3) is 0 Å². The molecular weight excluding hydrogens is 276 g/mol. The number of aliphatic hydroxyl groups excluding tert-OH is 1. The Bertz CT molecular complexity index is 550. The van der Waals surface area contributed by atoms with Crippen molar-refractivity contribution in [2.45, 2.75) is 25.8 Å². The predicted molar refractivity (Wildman–Crippen MR) is 78.9 cm³/mol. The van der Waals surface area contributed by atoms with Gasteiger partial charge in [-0.15, -0.1) is 0 Å². The van der Waals surface area contributed by atoms with E-state index in [1.165, 1.54) is 5.56 Å².